The van der Waals surface area contributed by atoms with E-state index >= 15 is 0 Å². The van der Waals surface area contributed by atoms with Gasteiger partial charge in [-0.2, -0.15) is 0 Å². The first kappa shape index (κ1) is 24.2. The number of carbonyl (C=O) groups excluding carboxylic acids is 2. The highest BCUT2D eigenvalue weighted by atomic mass is 35.5. The van der Waals surface area contributed by atoms with Crippen molar-refractivity contribution < 1.29 is 14.8 Å². The molecule has 1 heterocycles. The summed E-state index contributed by atoms with van der Waals surface area (Å²) in [6, 6.07) is 11.0. The molecule has 0 bridgehead atoms. The molecule has 3 amide bonds. The Balaban J connectivity index is 1.72. The fourth-order valence-corrected chi connectivity index (χ4v) is 4.01. The molecular weight excluding hydrogens is 487 g/mol. The molecule has 2 aliphatic rings. The number of halogens is 2. The smallest absolute Gasteiger partial charge is 0.320 e. The van der Waals surface area contributed by atoms with Crippen LogP contribution in [0.25, 0.3) is 0 Å². The molecule has 2 aromatic carbocycles. The van der Waals surface area contributed by atoms with E-state index in [4.69, 9.17) is 28.9 Å². The normalized spacial score (nSPS) is 15.4. The van der Waals surface area contributed by atoms with E-state index in [-0.39, 0.29) is 5.02 Å². The summed E-state index contributed by atoms with van der Waals surface area (Å²) in [4.78, 5) is 31.4. The molecule has 0 radical (unpaired) electrons. The summed E-state index contributed by atoms with van der Waals surface area (Å²) in [6.45, 7) is 0. The number of amides is 3. The molecule has 0 fully saturated rings. The number of anilines is 1. The Morgan fingerprint density at radius 1 is 0.943 bits per heavy atom. The molecule has 1 atom stereocenters. The second-order valence-corrected chi connectivity index (χ2v) is 8.38. The number of allylic oxidation sites excluding steroid dienone is 8. The third kappa shape index (κ3) is 5.44. The van der Waals surface area contributed by atoms with Gasteiger partial charge in [-0.25, -0.2) is 14.9 Å². The maximum Gasteiger partial charge on any atom is 0.320 e. The van der Waals surface area contributed by atoms with Crippen LogP contribution >= 0.6 is 23.2 Å². The van der Waals surface area contributed by atoms with Crippen LogP contribution in [0.15, 0.2) is 114 Å². The van der Waals surface area contributed by atoms with Crippen LogP contribution in [-0.4, -0.2) is 27.9 Å². The zero-order valence-electron chi connectivity index (χ0n) is 18.3. The van der Waals surface area contributed by atoms with Crippen molar-refractivity contribution in [2.24, 2.45) is 10.7 Å². The highest BCUT2D eigenvalue weighted by Crippen LogP contribution is 2.33. The maximum absolute atomic E-state index is 13.5. The van der Waals surface area contributed by atoms with Crippen LogP contribution in [0, 0.1) is 0 Å². The van der Waals surface area contributed by atoms with Crippen molar-refractivity contribution in [3.63, 3.8) is 0 Å². The van der Waals surface area contributed by atoms with E-state index in [2.05, 4.69) is 4.99 Å². The Kier molecular flexibility index (Phi) is 7.31. The van der Waals surface area contributed by atoms with E-state index < -0.39 is 18.0 Å². The van der Waals surface area contributed by atoms with Gasteiger partial charge in [0.05, 0.1) is 11.4 Å². The number of rotatable bonds is 4. The summed E-state index contributed by atoms with van der Waals surface area (Å²) in [7, 11) is 0. The van der Waals surface area contributed by atoms with Gasteiger partial charge < -0.3 is 5.73 Å². The Bertz CT molecular complexity index is 1320. The van der Waals surface area contributed by atoms with Crippen molar-refractivity contribution in [1.29, 1.82) is 0 Å². The van der Waals surface area contributed by atoms with Crippen molar-refractivity contribution in [3.8, 4) is 0 Å². The van der Waals surface area contributed by atoms with Crippen LogP contribution in [0.4, 0.5) is 10.5 Å². The third-order valence-electron chi connectivity index (χ3n) is 5.28. The van der Waals surface area contributed by atoms with Gasteiger partial charge >= 0.3 is 6.03 Å². The summed E-state index contributed by atoms with van der Waals surface area (Å²) in [5.74, 6) is -0.642. The van der Waals surface area contributed by atoms with Crippen molar-refractivity contribution >= 4 is 46.5 Å². The van der Waals surface area contributed by atoms with Gasteiger partial charge in [-0.05, 0) is 54.6 Å². The number of urea groups is 1. The molecule has 1 aliphatic carbocycles. The number of aliphatic imine (C=N–C) groups is 1. The van der Waals surface area contributed by atoms with Crippen molar-refractivity contribution in [2.45, 2.75) is 6.04 Å². The lowest BCUT2D eigenvalue weighted by molar-refractivity contribution is -0.119. The zero-order valence-corrected chi connectivity index (χ0v) is 19.8. The summed E-state index contributed by atoms with van der Waals surface area (Å²) < 4.78 is 0. The van der Waals surface area contributed by atoms with Crippen LogP contribution < -0.4 is 10.6 Å². The summed E-state index contributed by atoms with van der Waals surface area (Å²) in [5, 5.41) is 11.8. The van der Waals surface area contributed by atoms with E-state index in [0.717, 1.165) is 15.5 Å². The Morgan fingerprint density at radius 2 is 1.63 bits per heavy atom. The fourth-order valence-electron chi connectivity index (χ4n) is 3.64. The molecule has 9 heteroatoms. The number of primary amides is 1. The van der Waals surface area contributed by atoms with Crippen LogP contribution in [-0.2, 0) is 4.79 Å². The summed E-state index contributed by atoms with van der Waals surface area (Å²) >= 11 is 12.4. The number of hydrogen-bond acceptors (Lipinski definition) is 4. The van der Waals surface area contributed by atoms with E-state index in [1.807, 2.05) is 0 Å². The largest absolute Gasteiger partial charge is 0.351 e. The highest BCUT2D eigenvalue weighted by molar-refractivity contribution is 6.32. The van der Waals surface area contributed by atoms with Crippen LogP contribution in [0.2, 0.25) is 10.0 Å². The fraction of sp³-hybridized carbons (Fsp3) is 0.0385. The number of hydroxylamine groups is 2. The average Bonchev–Trinajstić information content (AvgIpc) is 2.84. The number of nitrogens with two attached hydrogens (primary N) is 1. The molecule has 7 nitrogen and oxygen atoms in total. The second kappa shape index (κ2) is 10.6. The SMILES string of the molecule is NC(=O)N(c1ccc(Cl)cc1)C(C(=O)N=C1C=CC(=C2C=CC=CN2O)C=C1)c1ccccc1Cl. The number of hydrogen-bond donors (Lipinski definition) is 2. The molecule has 0 aromatic heterocycles. The zero-order chi connectivity index (χ0) is 24.9. The third-order valence-corrected chi connectivity index (χ3v) is 5.87. The predicted octanol–water partition coefficient (Wildman–Crippen LogP) is 5.74. The lowest BCUT2D eigenvalue weighted by Crippen LogP contribution is -2.42. The quantitative estimate of drug-likeness (QED) is 0.551. The van der Waals surface area contributed by atoms with Gasteiger partial charge in [-0.3, -0.25) is 14.9 Å². The van der Waals surface area contributed by atoms with Gasteiger partial charge in [0.25, 0.3) is 5.91 Å². The van der Waals surface area contributed by atoms with Crippen molar-refractivity contribution in [1.82, 2.24) is 5.06 Å². The number of nitrogens with zero attached hydrogens (tertiary/aromatic N) is 3. The number of carbonyl (C=O) groups is 2. The molecule has 1 unspecified atom stereocenters. The molecule has 2 aromatic rings. The molecular formula is C26H20Cl2N4O3. The Morgan fingerprint density at radius 3 is 2.26 bits per heavy atom. The highest BCUT2D eigenvalue weighted by Gasteiger charge is 2.33. The Labute approximate surface area is 212 Å². The van der Waals surface area contributed by atoms with Gasteiger partial charge in [-0.1, -0.05) is 59.6 Å². The van der Waals surface area contributed by atoms with Crippen molar-refractivity contribution in [2.75, 3.05) is 4.90 Å². The molecule has 176 valence electrons. The predicted molar refractivity (Wildman–Crippen MR) is 137 cm³/mol. The van der Waals surface area contributed by atoms with Crippen molar-refractivity contribution in [3.05, 3.63) is 124 Å². The van der Waals surface area contributed by atoms with E-state index in [9.17, 15) is 14.8 Å². The standard InChI is InChI=1S/C26H20Cl2N4O3/c27-18-10-14-20(15-11-18)32(26(29)34)24(21-5-1-2-6-22(21)28)25(33)30-19-12-8-17(9-13-19)23-7-3-4-16-31(23)35/h1-16,24,35H,(H2,29,34). The molecule has 0 saturated carbocycles. The minimum absolute atomic E-state index is 0.285. The van der Waals surface area contributed by atoms with Gasteiger partial charge in [0.2, 0.25) is 0 Å². The molecule has 35 heavy (non-hydrogen) atoms. The molecule has 0 spiro atoms. The molecule has 0 saturated heterocycles. The van der Waals surface area contributed by atoms with Gasteiger partial charge in [0.1, 0.15) is 6.04 Å². The van der Waals surface area contributed by atoms with Gasteiger partial charge in [0, 0.05) is 33.1 Å². The van der Waals surface area contributed by atoms with Crippen LogP contribution in [0.5, 0.6) is 0 Å². The lowest BCUT2D eigenvalue weighted by Gasteiger charge is -2.29. The maximum atomic E-state index is 13.5. The first-order chi connectivity index (χ1) is 16.8. The van der Waals surface area contributed by atoms with Gasteiger partial charge in [0.15, 0.2) is 0 Å². The minimum atomic E-state index is -1.21. The van der Waals surface area contributed by atoms with E-state index in [1.165, 1.54) is 6.20 Å². The number of benzene rings is 2. The summed E-state index contributed by atoms with van der Waals surface area (Å²) in [5.41, 5.74) is 8.11. The van der Waals surface area contributed by atoms with E-state index in [1.54, 1.807) is 91.1 Å². The monoisotopic (exact) mass is 506 g/mol. The average molecular weight is 507 g/mol. The lowest BCUT2D eigenvalue weighted by atomic mass is 10.0. The van der Waals surface area contributed by atoms with Crippen LogP contribution in [0.3, 0.4) is 0 Å². The van der Waals surface area contributed by atoms with Crippen LogP contribution in [0.1, 0.15) is 11.6 Å². The second-order valence-electron chi connectivity index (χ2n) is 7.54. The first-order valence-electron chi connectivity index (χ1n) is 10.5. The van der Waals surface area contributed by atoms with Gasteiger partial charge in [-0.15, -0.1) is 0 Å². The summed E-state index contributed by atoms with van der Waals surface area (Å²) in [6.07, 6.45) is 13.5. The molecule has 4 rings (SSSR count). The molecule has 3 N–H and O–H groups in total. The van der Waals surface area contributed by atoms with E-state index in [0.29, 0.717) is 27.7 Å². The Hall–Kier alpha value is -3.91. The topological polar surface area (TPSA) is 99.2 Å². The molecule has 1 aliphatic heterocycles. The first-order valence-corrected chi connectivity index (χ1v) is 11.3. The minimum Gasteiger partial charge on any atom is -0.351 e.